The lowest BCUT2D eigenvalue weighted by Gasteiger charge is -2.17. The number of rotatable bonds is 8. The Morgan fingerprint density at radius 3 is 2.67 bits per heavy atom. The lowest BCUT2D eigenvalue weighted by molar-refractivity contribution is -0.142. The van der Waals surface area contributed by atoms with Crippen LogP contribution in [-0.2, 0) is 9.53 Å². The molecular formula is C11H24N2O2. The first kappa shape index (κ1) is 14.4. The monoisotopic (exact) mass is 216 g/mol. The molecule has 1 atom stereocenters. The van der Waals surface area contributed by atoms with Gasteiger partial charge >= 0.3 is 5.97 Å². The molecule has 0 spiro atoms. The Kier molecular flexibility index (Phi) is 8.33. The minimum Gasteiger partial charge on any atom is -0.465 e. The Hall–Kier alpha value is -0.610. The lowest BCUT2D eigenvalue weighted by Crippen LogP contribution is -2.39. The third-order valence-electron chi connectivity index (χ3n) is 1.99. The third-order valence-corrected chi connectivity index (χ3v) is 1.99. The van der Waals surface area contributed by atoms with Crippen LogP contribution in [-0.4, -0.2) is 50.7 Å². The van der Waals surface area contributed by atoms with Crippen LogP contribution in [0.2, 0.25) is 0 Å². The molecule has 1 unspecified atom stereocenters. The molecule has 0 fully saturated rings. The van der Waals surface area contributed by atoms with Crippen LogP contribution in [0.4, 0.5) is 0 Å². The highest BCUT2D eigenvalue weighted by Crippen LogP contribution is 1.89. The van der Waals surface area contributed by atoms with Gasteiger partial charge in [0.15, 0.2) is 0 Å². The van der Waals surface area contributed by atoms with Gasteiger partial charge in [-0.1, -0.05) is 13.3 Å². The third kappa shape index (κ3) is 9.69. The van der Waals surface area contributed by atoms with Crippen LogP contribution in [0.3, 0.4) is 0 Å². The van der Waals surface area contributed by atoms with Gasteiger partial charge in [0.25, 0.3) is 0 Å². The normalized spacial score (nSPS) is 12.9. The minimum atomic E-state index is -0.158. The maximum atomic E-state index is 11.2. The summed E-state index contributed by atoms with van der Waals surface area (Å²) in [4.78, 5) is 13.3. The smallest absolute Gasteiger partial charge is 0.319 e. The zero-order valence-corrected chi connectivity index (χ0v) is 10.4. The molecule has 4 heteroatoms. The van der Waals surface area contributed by atoms with Crippen LogP contribution in [0, 0.1) is 0 Å². The molecule has 0 aliphatic heterocycles. The number of nitrogens with zero attached hydrogens (tertiary/aromatic N) is 1. The Labute approximate surface area is 93.0 Å². The molecule has 0 aliphatic carbocycles. The summed E-state index contributed by atoms with van der Waals surface area (Å²) < 4.78 is 5.02. The Bertz CT molecular complexity index is 172. The molecular weight excluding hydrogens is 192 g/mol. The van der Waals surface area contributed by atoms with Crippen molar-refractivity contribution in [2.24, 2.45) is 0 Å². The highest BCUT2D eigenvalue weighted by molar-refractivity contribution is 5.71. The second-order valence-electron chi connectivity index (χ2n) is 4.12. The number of unbranched alkanes of at least 4 members (excludes halogenated alkanes) is 1. The fourth-order valence-electron chi connectivity index (χ4n) is 1.25. The topological polar surface area (TPSA) is 41.6 Å². The summed E-state index contributed by atoms with van der Waals surface area (Å²) in [5.74, 6) is -0.158. The molecule has 0 aromatic carbocycles. The minimum absolute atomic E-state index is 0.158. The van der Waals surface area contributed by atoms with E-state index in [2.05, 4.69) is 24.1 Å². The van der Waals surface area contributed by atoms with Gasteiger partial charge in [-0.05, 0) is 27.4 Å². The van der Waals surface area contributed by atoms with Gasteiger partial charge < -0.3 is 15.0 Å². The number of nitrogens with one attached hydrogen (secondary N) is 1. The van der Waals surface area contributed by atoms with Gasteiger partial charge in [-0.3, -0.25) is 4.79 Å². The average Bonchev–Trinajstić information content (AvgIpc) is 2.14. The fourth-order valence-corrected chi connectivity index (χ4v) is 1.25. The van der Waals surface area contributed by atoms with Gasteiger partial charge in [-0.2, -0.15) is 0 Å². The van der Waals surface area contributed by atoms with E-state index in [9.17, 15) is 4.79 Å². The molecule has 0 bridgehead atoms. The maximum Gasteiger partial charge on any atom is 0.319 e. The Morgan fingerprint density at radius 1 is 1.47 bits per heavy atom. The van der Waals surface area contributed by atoms with Crippen LogP contribution in [0.25, 0.3) is 0 Å². The van der Waals surface area contributed by atoms with Crippen molar-refractivity contribution >= 4 is 5.97 Å². The van der Waals surface area contributed by atoms with Crippen molar-refractivity contribution in [3.8, 4) is 0 Å². The quantitative estimate of drug-likeness (QED) is 0.483. The van der Waals surface area contributed by atoms with E-state index in [1.807, 2.05) is 14.1 Å². The molecule has 0 aromatic rings. The molecule has 15 heavy (non-hydrogen) atoms. The molecule has 0 saturated heterocycles. The number of likely N-dealkylation sites (N-methyl/N-ethyl adjacent to an activating group) is 1. The number of hydrogen-bond donors (Lipinski definition) is 1. The molecule has 0 amide bonds. The molecule has 0 rings (SSSR count). The second-order valence-corrected chi connectivity index (χ2v) is 4.12. The van der Waals surface area contributed by atoms with Crippen LogP contribution < -0.4 is 5.32 Å². The van der Waals surface area contributed by atoms with Gasteiger partial charge in [0.1, 0.15) is 0 Å². The van der Waals surface area contributed by atoms with Crippen molar-refractivity contribution in [3.63, 3.8) is 0 Å². The summed E-state index contributed by atoms with van der Waals surface area (Å²) in [5.41, 5.74) is 0. The molecule has 1 N–H and O–H groups in total. The van der Waals surface area contributed by atoms with Crippen molar-refractivity contribution in [3.05, 3.63) is 0 Å². The first-order valence-corrected chi connectivity index (χ1v) is 5.60. The van der Waals surface area contributed by atoms with E-state index in [0.717, 1.165) is 19.4 Å². The fraction of sp³-hybridized carbons (Fsp3) is 0.909. The predicted molar refractivity (Wildman–Crippen MR) is 61.9 cm³/mol. The van der Waals surface area contributed by atoms with Gasteiger partial charge in [0, 0.05) is 12.6 Å². The average molecular weight is 216 g/mol. The molecule has 0 radical (unpaired) electrons. The summed E-state index contributed by atoms with van der Waals surface area (Å²) in [7, 11) is 4.02. The first-order valence-electron chi connectivity index (χ1n) is 5.60. The highest BCUT2D eigenvalue weighted by Gasteiger charge is 2.06. The predicted octanol–water partition coefficient (Wildman–Crippen LogP) is 0.869. The zero-order valence-electron chi connectivity index (χ0n) is 10.4. The van der Waals surface area contributed by atoms with E-state index in [-0.39, 0.29) is 5.97 Å². The second kappa shape index (κ2) is 8.68. The number of carbonyl (C=O) groups excluding carboxylic acids is 1. The SMILES string of the molecule is CCCCOC(=O)CNC(C)CN(C)C. The summed E-state index contributed by atoms with van der Waals surface area (Å²) in [6.07, 6.45) is 2.00. The first-order chi connectivity index (χ1) is 7.06. The maximum absolute atomic E-state index is 11.2. The van der Waals surface area contributed by atoms with Gasteiger partial charge in [-0.25, -0.2) is 0 Å². The van der Waals surface area contributed by atoms with Crippen LogP contribution in [0.1, 0.15) is 26.7 Å². The van der Waals surface area contributed by atoms with E-state index in [0.29, 0.717) is 19.2 Å². The van der Waals surface area contributed by atoms with Crippen LogP contribution >= 0.6 is 0 Å². The van der Waals surface area contributed by atoms with E-state index in [1.165, 1.54) is 0 Å². The van der Waals surface area contributed by atoms with Gasteiger partial charge in [0.2, 0.25) is 0 Å². The Morgan fingerprint density at radius 2 is 2.13 bits per heavy atom. The van der Waals surface area contributed by atoms with Crippen LogP contribution in [0.5, 0.6) is 0 Å². The number of esters is 1. The summed E-state index contributed by atoms with van der Waals surface area (Å²) in [6.45, 7) is 5.89. The van der Waals surface area contributed by atoms with E-state index in [4.69, 9.17) is 4.74 Å². The van der Waals surface area contributed by atoms with E-state index >= 15 is 0 Å². The molecule has 0 heterocycles. The van der Waals surface area contributed by atoms with Crippen molar-refractivity contribution in [2.75, 3.05) is 33.8 Å². The van der Waals surface area contributed by atoms with E-state index < -0.39 is 0 Å². The number of ether oxygens (including phenoxy) is 1. The zero-order chi connectivity index (χ0) is 11.7. The van der Waals surface area contributed by atoms with Crippen molar-refractivity contribution in [2.45, 2.75) is 32.7 Å². The van der Waals surface area contributed by atoms with Crippen molar-refractivity contribution in [1.82, 2.24) is 10.2 Å². The lowest BCUT2D eigenvalue weighted by atomic mass is 10.3. The molecule has 90 valence electrons. The largest absolute Gasteiger partial charge is 0.465 e. The van der Waals surface area contributed by atoms with Crippen molar-refractivity contribution in [1.29, 1.82) is 0 Å². The number of hydrogen-bond acceptors (Lipinski definition) is 4. The summed E-state index contributed by atoms with van der Waals surface area (Å²) in [6, 6.07) is 0.304. The van der Waals surface area contributed by atoms with Crippen molar-refractivity contribution < 1.29 is 9.53 Å². The van der Waals surface area contributed by atoms with E-state index in [1.54, 1.807) is 0 Å². The molecule has 4 nitrogen and oxygen atoms in total. The Balaban J connectivity index is 3.44. The standard InChI is InChI=1S/C11H24N2O2/c1-5-6-7-15-11(14)8-12-10(2)9-13(3)4/h10,12H,5-9H2,1-4H3. The molecule has 0 saturated carbocycles. The van der Waals surface area contributed by atoms with Crippen LogP contribution in [0.15, 0.2) is 0 Å². The molecule has 0 aliphatic rings. The number of carbonyl (C=O) groups is 1. The van der Waals surface area contributed by atoms with Gasteiger partial charge in [0.05, 0.1) is 13.2 Å². The summed E-state index contributed by atoms with van der Waals surface area (Å²) >= 11 is 0. The molecule has 0 aromatic heterocycles. The van der Waals surface area contributed by atoms with Gasteiger partial charge in [-0.15, -0.1) is 0 Å². The summed E-state index contributed by atoms with van der Waals surface area (Å²) in [5, 5.41) is 3.12. The highest BCUT2D eigenvalue weighted by atomic mass is 16.5.